The first-order chi connectivity index (χ1) is 11.6. The minimum absolute atomic E-state index is 0.143. The lowest BCUT2D eigenvalue weighted by atomic mass is 9.98. The van der Waals surface area contributed by atoms with Gasteiger partial charge in [0.15, 0.2) is 0 Å². The van der Waals surface area contributed by atoms with Crippen molar-refractivity contribution in [2.75, 3.05) is 36.5 Å². The highest BCUT2D eigenvalue weighted by Gasteiger charge is 2.33. The Morgan fingerprint density at radius 1 is 1.50 bits per heavy atom. The Morgan fingerprint density at radius 3 is 2.96 bits per heavy atom. The van der Waals surface area contributed by atoms with Crippen LogP contribution in [-0.4, -0.2) is 47.1 Å². The highest BCUT2D eigenvalue weighted by Crippen LogP contribution is 2.34. The molecule has 0 saturated carbocycles. The van der Waals surface area contributed by atoms with Crippen molar-refractivity contribution in [2.24, 2.45) is 5.92 Å². The average molecular weight is 337 g/mol. The zero-order valence-corrected chi connectivity index (χ0v) is 14.0. The van der Waals surface area contributed by atoms with E-state index in [-0.39, 0.29) is 29.2 Å². The number of hydrogen-bond donors (Lipinski definition) is 1. The van der Waals surface area contributed by atoms with Crippen LogP contribution in [0.3, 0.4) is 0 Å². The number of nitrogens with zero attached hydrogens (tertiary/aromatic N) is 4. The third kappa shape index (κ3) is 4.09. The quantitative estimate of drug-likeness (QED) is 0.457. The molecular formula is C15H23N5O4. The number of esters is 1. The Kier molecular flexibility index (Phi) is 6.28. The maximum absolute atomic E-state index is 12.0. The van der Waals surface area contributed by atoms with E-state index in [1.165, 1.54) is 6.33 Å². The SMILES string of the molecule is CCCNc1ncnc(N2CCCC(C(=O)OCC)C2)c1[N+](=O)[O-]. The van der Waals surface area contributed by atoms with E-state index in [1.54, 1.807) is 11.8 Å². The van der Waals surface area contributed by atoms with Crippen molar-refractivity contribution < 1.29 is 14.5 Å². The molecule has 24 heavy (non-hydrogen) atoms. The number of carbonyl (C=O) groups is 1. The van der Waals surface area contributed by atoms with Crippen LogP contribution in [0.15, 0.2) is 6.33 Å². The summed E-state index contributed by atoms with van der Waals surface area (Å²) in [6, 6.07) is 0. The number of piperidine rings is 1. The van der Waals surface area contributed by atoms with Gasteiger partial charge in [-0.3, -0.25) is 14.9 Å². The van der Waals surface area contributed by atoms with Crippen LogP contribution >= 0.6 is 0 Å². The Bertz CT molecular complexity index is 595. The molecule has 0 amide bonds. The topological polar surface area (TPSA) is 110 Å². The fourth-order valence-corrected chi connectivity index (χ4v) is 2.76. The molecule has 1 N–H and O–H groups in total. The molecule has 9 heteroatoms. The summed E-state index contributed by atoms with van der Waals surface area (Å²) in [6.45, 7) is 5.62. The molecule has 1 unspecified atom stereocenters. The smallest absolute Gasteiger partial charge is 0.353 e. The van der Waals surface area contributed by atoms with Crippen LogP contribution in [0.4, 0.5) is 17.3 Å². The van der Waals surface area contributed by atoms with Crippen LogP contribution in [0.5, 0.6) is 0 Å². The Hall–Kier alpha value is -2.45. The summed E-state index contributed by atoms with van der Waals surface area (Å²) < 4.78 is 5.08. The fourth-order valence-electron chi connectivity index (χ4n) is 2.76. The van der Waals surface area contributed by atoms with Crippen molar-refractivity contribution in [3.05, 3.63) is 16.4 Å². The highest BCUT2D eigenvalue weighted by molar-refractivity contribution is 5.75. The molecule has 2 heterocycles. The largest absolute Gasteiger partial charge is 0.466 e. The van der Waals surface area contributed by atoms with Gasteiger partial charge >= 0.3 is 11.7 Å². The molecule has 0 aromatic carbocycles. The molecule has 0 radical (unpaired) electrons. The predicted molar refractivity (Wildman–Crippen MR) is 89.0 cm³/mol. The molecule has 1 saturated heterocycles. The van der Waals surface area contributed by atoms with E-state index in [2.05, 4.69) is 15.3 Å². The van der Waals surface area contributed by atoms with Gasteiger partial charge in [0.2, 0.25) is 11.6 Å². The van der Waals surface area contributed by atoms with E-state index in [0.29, 0.717) is 26.2 Å². The van der Waals surface area contributed by atoms with Crippen LogP contribution in [0.1, 0.15) is 33.1 Å². The molecule has 2 rings (SSSR count). The molecule has 1 aromatic rings. The first kappa shape index (κ1) is 17.9. The van der Waals surface area contributed by atoms with Gasteiger partial charge in [-0.25, -0.2) is 9.97 Å². The van der Waals surface area contributed by atoms with Gasteiger partial charge in [-0.15, -0.1) is 0 Å². The highest BCUT2D eigenvalue weighted by atomic mass is 16.6. The standard InChI is InChI=1S/C15H23N5O4/c1-3-7-16-13-12(20(22)23)14(18-10-17-13)19-8-5-6-11(9-19)15(21)24-4-2/h10-11H,3-9H2,1-2H3,(H,16,17,18). The third-order valence-electron chi connectivity index (χ3n) is 3.87. The minimum Gasteiger partial charge on any atom is -0.466 e. The summed E-state index contributed by atoms with van der Waals surface area (Å²) in [4.78, 5) is 32.9. The zero-order chi connectivity index (χ0) is 17.5. The van der Waals surface area contributed by atoms with Crippen molar-refractivity contribution in [3.63, 3.8) is 0 Å². The lowest BCUT2D eigenvalue weighted by Crippen LogP contribution is -2.40. The normalized spacial score (nSPS) is 17.4. The van der Waals surface area contributed by atoms with Crippen molar-refractivity contribution >= 4 is 23.3 Å². The van der Waals surface area contributed by atoms with E-state index in [4.69, 9.17) is 4.74 Å². The van der Waals surface area contributed by atoms with Gasteiger partial charge in [-0.05, 0) is 26.2 Å². The Labute approximate surface area is 140 Å². The number of rotatable bonds is 7. The summed E-state index contributed by atoms with van der Waals surface area (Å²) in [5.74, 6) is -0.0868. The molecule has 0 bridgehead atoms. The molecule has 132 valence electrons. The van der Waals surface area contributed by atoms with Gasteiger partial charge in [0, 0.05) is 19.6 Å². The zero-order valence-electron chi connectivity index (χ0n) is 14.0. The van der Waals surface area contributed by atoms with Crippen LogP contribution in [0.25, 0.3) is 0 Å². The average Bonchev–Trinajstić information content (AvgIpc) is 2.59. The number of nitro groups is 1. The lowest BCUT2D eigenvalue weighted by Gasteiger charge is -2.32. The van der Waals surface area contributed by atoms with E-state index in [0.717, 1.165) is 19.3 Å². The number of ether oxygens (including phenoxy) is 1. The predicted octanol–water partition coefficient (Wildman–Crippen LogP) is 1.99. The van der Waals surface area contributed by atoms with Crippen LogP contribution < -0.4 is 10.2 Å². The molecule has 1 aliphatic rings. The summed E-state index contributed by atoms with van der Waals surface area (Å²) in [5, 5.41) is 14.5. The first-order valence-electron chi connectivity index (χ1n) is 8.23. The number of hydrogen-bond acceptors (Lipinski definition) is 8. The van der Waals surface area contributed by atoms with Crippen LogP contribution in [-0.2, 0) is 9.53 Å². The number of anilines is 2. The summed E-state index contributed by atoms with van der Waals surface area (Å²) in [6.07, 6.45) is 3.61. The minimum atomic E-state index is -0.471. The van der Waals surface area contributed by atoms with E-state index in [9.17, 15) is 14.9 Å². The summed E-state index contributed by atoms with van der Waals surface area (Å²) in [5.41, 5.74) is -0.143. The van der Waals surface area contributed by atoms with Crippen molar-refractivity contribution in [1.82, 2.24) is 9.97 Å². The summed E-state index contributed by atoms with van der Waals surface area (Å²) in [7, 11) is 0. The molecule has 0 aliphatic carbocycles. The Morgan fingerprint density at radius 2 is 2.29 bits per heavy atom. The fraction of sp³-hybridized carbons (Fsp3) is 0.667. The molecule has 1 fully saturated rings. The second-order valence-corrected chi connectivity index (χ2v) is 5.62. The molecular weight excluding hydrogens is 314 g/mol. The first-order valence-corrected chi connectivity index (χ1v) is 8.23. The van der Waals surface area contributed by atoms with Gasteiger partial charge in [0.05, 0.1) is 17.4 Å². The van der Waals surface area contributed by atoms with Crippen molar-refractivity contribution in [1.29, 1.82) is 0 Å². The van der Waals surface area contributed by atoms with Gasteiger partial charge in [0.25, 0.3) is 0 Å². The van der Waals surface area contributed by atoms with E-state index in [1.807, 2.05) is 6.92 Å². The maximum atomic E-state index is 12.0. The maximum Gasteiger partial charge on any atom is 0.353 e. The third-order valence-corrected chi connectivity index (χ3v) is 3.87. The van der Waals surface area contributed by atoms with E-state index < -0.39 is 4.92 Å². The van der Waals surface area contributed by atoms with Crippen molar-refractivity contribution in [2.45, 2.75) is 33.1 Å². The molecule has 1 atom stereocenters. The number of aromatic nitrogens is 2. The summed E-state index contributed by atoms with van der Waals surface area (Å²) >= 11 is 0. The molecule has 0 spiro atoms. The molecule has 1 aliphatic heterocycles. The van der Waals surface area contributed by atoms with Gasteiger partial charge in [0.1, 0.15) is 6.33 Å². The Balaban J connectivity index is 2.26. The number of carbonyl (C=O) groups excluding carboxylic acids is 1. The molecule has 1 aromatic heterocycles. The monoisotopic (exact) mass is 337 g/mol. The van der Waals surface area contributed by atoms with Gasteiger partial charge in [-0.2, -0.15) is 0 Å². The lowest BCUT2D eigenvalue weighted by molar-refractivity contribution is -0.383. The van der Waals surface area contributed by atoms with Crippen LogP contribution in [0.2, 0.25) is 0 Å². The second-order valence-electron chi connectivity index (χ2n) is 5.62. The van der Waals surface area contributed by atoms with Crippen LogP contribution in [0, 0.1) is 16.0 Å². The number of nitrogens with one attached hydrogen (secondary N) is 1. The van der Waals surface area contributed by atoms with E-state index >= 15 is 0 Å². The second kappa shape index (κ2) is 8.42. The molecule has 9 nitrogen and oxygen atoms in total. The van der Waals surface area contributed by atoms with Gasteiger partial charge < -0.3 is 15.0 Å². The van der Waals surface area contributed by atoms with Gasteiger partial charge in [-0.1, -0.05) is 6.92 Å². The van der Waals surface area contributed by atoms with Crippen molar-refractivity contribution in [3.8, 4) is 0 Å².